The molecular weight excluding hydrogens is 340 g/mol. The topological polar surface area (TPSA) is 49.8 Å². The molecule has 3 rings (SSSR count). The van der Waals surface area contributed by atoms with E-state index in [-0.39, 0.29) is 24.9 Å². The first kappa shape index (κ1) is 18.3. The van der Waals surface area contributed by atoms with Gasteiger partial charge in [0.05, 0.1) is 0 Å². The first-order valence-electron chi connectivity index (χ1n) is 8.54. The monoisotopic (exact) mass is 361 g/mol. The number of benzene rings is 2. The van der Waals surface area contributed by atoms with Gasteiger partial charge in [0.25, 0.3) is 0 Å². The molecule has 0 unspecified atom stereocenters. The van der Waals surface area contributed by atoms with E-state index in [0.29, 0.717) is 18.8 Å². The first-order valence-corrected chi connectivity index (χ1v) is 8.54. The van der Waals surface area contributed by atoms with Crippen LogP contribution in [0.1, 0.15) is 24.0 Å². The standard InChI is InChI=1S/C20H21F2NO3/c1-14-5-2-3-8-18(14)26-20(19(24)25)9-11-23(12-10-20)13-15-16(21)6-4-7-17(15)22/h2-8H,9-13H2,1H3,(H,24,25). The van der Waals surface area contributed by atoms with Crippen molar-refractivity contribution >= 4 is 5.97 Å². The Balaban J connectivity index is 1.72. The molecule has 0 atom stereocenters. The molecule has 0 saturated carbocycles. The lowest BCUT2D eigenvalue weighted by Crippen LogP contribution is -2.53. The number of carboxylic acids is 1. The fraction of sp³-hybridized carbons (Fsp3) is 0.350. The number of hydrogen-bond donors (Lipinski definition) is 1. The number of nitrogens with zero attached hydrogens (tertiary/aromatic N) is 1. The summed E-state index contributed by atoms with van der Waals surface area (Å²) in [4.78, 5) is 13.8. The third kappa shape index (κ3) is 3.70. The van der Waals surface area contributed by atoms with E-state index < -0.39 is 23.2 Å². The van der Waals surface area contributed by atoms with Crippen molar-refractivity contribution in [3.05, 3.63) is 65.2 Å². The Kier molecular flexibility index (Phi) is 5.23. The molecule has 2 aromatic carbocycles. The van der Waals surface area contributed by atoms with Crippen molar-refractivity contribution in [2.45, 2.75) is 31.9 Å². The van der Waals surface area contributed by atoms with E-state index in [2.05, 4.69) is 0 Å². The van der Waals surface area contributed by atoms with Crippen molar-refractivity contribution in [2.75, 3.05) is 13.1 Å². The molecule has 0 aliphatic carbocycles. The molecule has 138 valence electrons. The Bertz CT molecular complexity index is 781. The molecule has 0 amide bonds. The Labute approximate surface area is 151 Å². The lowest BCUT2D eigenvalue weighted by Gasteiger charge is -2.39. The highest BCUT2D eigenvalue weighted by Gasteiger charge is 2.44. The number of para-hydroxylation sites is 1. The van der Waals surface area contributed by atoms with Crippen molar-refractivity contribution in [3.8, 4) is 5.75 Å². The van der Waals surface area contributed by atoms with Crippen LogP contribution in [0.5, 0.6) is 5.75 Å². The molecule has 26 heavy (non-hydrogen) atoms. The molecule has 2 aromatic rings. The van der Waals surface area contributed by atoms with Crippen molar-refractivity contribution in [2.24, 2.45) is 0 Å². The zero-order chi connectivity index (χ0) is 18.7. The van der Waals surface area contributed by atoms with Crippen LogP contribution < -0.4 is 4.74 Å². The van der Waals surface area contributed by atoms with Crippen molar-refractivity contribution in [1.82, 2.24) is 4.90 Å². The second kappa shape index (κ2) is 7.41. The largest absolute Gasteiger partial charge is 0.478 e. The normalized spacial score (nSPS) is 17.0. The van der Waals surface area contributed by atoms with Crippen LogP contribution in [-0.2, 0) is 11.3 Å². The summed E-state index contributed by atoms with van der Waals surface area (Å²) < 4.78 is 33.6. The van der Waals surface area contributed by atoms with Crippen LogP contribution in [0.4, 0.5) is 8.78 Å². The van der Waals surface area contributed by atoms with E-state index in [0.717, 1.165) is 5.56 Å². The second-order valence-electron chi connectivity index (χ2n) is 6.64. The van der Waals surface area contributed by atoms with Gasteiger partial charge in [0.15, 0.2) is 0 Å². The third-order valence-electron chi connectivity index (χ3n) is 4.90. The van der Waals surface area contributed by atoms with Gasteiger partial charge in [-0.15, -0.1) is 0 Å². The zero-order valence-corrected chi connectivity index (χ0v) is 14.5. The highest BCUT2D eigenvalue weighted by atomic mass is 19.1. The lowest BCUT2D eigenvalue weighted by atomic mass is 9.90. The SMILES string of the molecule is Cc1ccccc1OC1(C(=O)O)CCN(Cc2c(F)cccc2F)CC1. The number of ether oxygens (including phenoxy) is 1. The number of hydrogen-bond acceptors (Lipinski definition) is 3. The van der Waals surface area contributed by atoms with E-state index in [9.17, 15) is 18.7 Å². The van der Waals surface area contributed by atoms with Gasteiger partial charge in [0.2, 0.25) is 5.60 Å². The maximum Gasteiger partial charge on any atom is 0.348 e. The van der Waals surface area contributed by atoms with Crippen molar-refractivity contribution in [1.29, 1.82) is 0 Å². The molecule has 0 bridgehead atoms. The number of halogens is 2. The minimum absolute atomic E-state index is 0.00940. The van der Waals surface area contributed by atoms with Gasteiger partial charge in [0, 0.05) is 38.0 Å². The molecule has 0 radical (unpaired) electrons. The fourth-order valence-electron chi connectivity index (χ4n) is 3.22. The van der Waals surface area contributed by atoms with Gasteiger partial charge in [-0.1, -0.05) is 24.3 Å². The molecule has 1 aliphatic rings. The molecule has 1 heterocycles. The lowest BCUT2D eigenvalue weighted by molar-refractivity contribution is -0.160. The van der Waals surface area contributed by atoms with E-state index in [4.69, 9.17) is 4.74 Å². The van der Waals surface area contributed by atoms with Gasteiger partial charge in [-0.05, 0) is 30.7 Å². The summed E-state index contributed by atoms with van der Waals surface area (Å²) in [6.45, 7) is 2.73. The Hall–Kier alpha value is -2.47. The number of carbonyl (C=O) groups is 1. The van der Waals surface area contributed by atoms with Gasteiger partial charge in [-0.2, -0.15) is 0 Å². The molecule has 0 spiro atoms. The highest BCUT2D eigenvalue weighted by molar-refractivity contribution is 5.78. The summed E-state index contributed by atoms with van der Waals surface area (Å²) in [5.74, 6) is -1.64. The first-order chi connectivity index (χ1) is 12.4. The van der Waals surface area contributed by atoms with Gasteiger partial charge in [-0.25, -0.2) is 13.6 Å². The Morgan fingerprint density at radius 1 is 1.12 bits per heavy atom. The average molecular weight is 361 g/mol. The summed E-state index contributed by atoms with van der Waals surface area (Å²) in [6, 6.07) is 11.1. The van der Waals surface area contributed by atoms with Crippen molar-refractivity contribution < 1.29 is 23.4 Å². The average Bonchev–Trinajstić information content (AvgIpc) is 2.61. The van der Waals surface area contributed by atoms with E-state index in [1.165, 1.54) is 18.2 Å². The summed E-state index contributed by atoms with van der Waals surface area (Å²) in [7, 11) is 0. The van der Waals surface area contributed by atoms with Gasteiger partial charge in [-0.3, -0.25) is 4.90 Å². The molecule has 1 fully saturated rings. The third-order valence-corrected chi connectivity index (χ3v) is 4.90. The highest BCUT2D eigenvalue weighted by Crippen LogP contribution is 2.31. The predicted octanol–water partition coefficient (Wildman–Crippen LogP) is 3.77. The Morgan fingerprint density at radius 3 is 2.31 bits per heavy atom. The van der Waals surface area contributed by atoms with Gasteiger partial charge < -0.3 is 9.84 Å². The molecule has 1 aliphatic heterocycles. The number of rotatable bonds is 5. The smallest absolute Gasteiger partial charge is 0.348 e. The van der Waals surface area contributed by atoms with E-state index in [1.807, 2.05) is 24.0 Å². The maximum atomic E-state index is 13.8. The number of aliphatic carboxylic acids is 1. The maximum absolute atomic E-state index is 13.8. The predicted molar refractivity (Wildman–Crippen MR) is 93.0 cm³/mol. The summed E-state index contributed by atoms with van der Waals surface area (Å²) in [6.07, 6.45) is 0.486. The van der Waals surface area contributed by atoms with Crippen molar-refractivity contribution in [3.63, 3.8) is 0 Å². The van der Waals surface area contributed by atoms with Crippen LogP contribution >= 0.6 is 0 Å². The summed E-state index contributed by atoms with van der Waals surface area (Å²) >= 11 is 0. The molecular formula is C20H21F2NO3. The van der Waals surface area contributed by atoms with Crippen LogP contribution in [0.2, 0.25) is 0 Å². The van der Waals surface area contributed by atoms with Crippen LogP contribution in [0.15, 0.2) is 42.5 Å². The number of aryl methyl sites for hydroxylation is 1. The van der Waals surface area contributed by atoms with Gasteiger partial charge >= 0.3 is 5.97 Å². The second-order valence-corrected chi connectivity index (χ2v) is 6.64. The number of piperidine rings is 1. The van der Waals surface area contributed by atoms with E-state index in [1.54, 1.807) is 12.1 Å². The zero-order valence-electron chi connectivity index (χ0n) is 14.5. The Morgan fingerprint density at radius 2 is 1.73 bits per heavy atom. The number of likely N-dealkylation sites (tertiary alicyclic amines) is 1. The van der Waals surface area contributed by atoms with E-state index >= 15 is 0 Å². The van der Waals surface area contributed by atoms with Gasteiger partial charge in [0.1, 0.15) is 17.4 Å². The van der Waals surface area contributed by atoms with Crippen LogP contribution in [0.3, 0.4) is 0 Å². The minimum atomic E-state index is -1.32. The molecule has 0 aromatic heterocycles. The van der Waals surface area contributed by atoms with Crippen LogP contribution in [0, 0.1) is 18.6 Å². The number of carboxylic acid groups (broad SMARTS) is 1. The molecule has 4 nitrogen and oxygen atoms in total. The minimum Gasteiger partial charge on any atom is -0.478 e. The quantitative estimate of drug-likeness (QED) is 0.881. The van der Waals surface area contributed by atoms with Crippen LogP contribution in [0.25, 0.3) is 0 Å². The summed E-state index contributed by atoms with van der Waals surface area (Å²) in [5.41, 5.74) is -0.449. The molecule has 1 saturated heterocycles. The summed E-state index contributed by atoms with van der Waals surface area (Å²) in [5, 5.41) is 9.74. The molecule has 1 N–H and O–H groups in total. The van der Waals surface area contributed by atoms with Crippen LogP contribution in [-0.4, -0.2) is 34.7 Å². The molecule has 6 heteroatoms. The fourth-order valence-corrected chi connectivity index (χ4v) is 3.22.